The Labute approximate surface area is 110 Å². The summed E-state index contributed by atoms with van der Waals surface area (Å²) < 4.78 is 1.91. The summed E-state index contributed by atoms with van der Waals surface area (Å²) >= 11 is 0. The summed E-state index contributed by atoms with van der Waals surface area (Å²) in [7, 11) is 0. The van der Waals surface area contributed by atoms with E-state index in [0.29, 0.717) is 11.1 Å². The van der Waals surface area contributed by atoms with Crippen LogP contribution in [-0.4, -0.2) is 25.9 Å². The van der Waals surface area contributed by atoms with Crippen LogP contribution in [0, 0.1) is 6.92 Å². The first kappa shape index (κ1) is 13.4. The molecule has 0 saturated carbocycles. The molecular formula is C14H17NO4. The van der Waals surface area contributed by atoms with E-state index in [2.05, 4.69) is 0 Å². The lowest BCUT2D eigenvalue weighted by Gasteiger charge is -2.13. The van der Waals surface area contributed by atoms with Crippen molar-refractivity contribution in [2.24, 2.45) is 0 Å². The van der Waals surface area contributed by atoms with Gasteiger partial charge in [-0.15, -0.1) is 0 Å². The maximum atomic E-state index is 11.0. The smallest absolute Gasteiger partial charge is 0.337 e. The average Bonchev–Trinajstić information content (AvgIpc) is 2.61. The van der Waals surface area contributed by atoms with Crippen LogP contribution in [0.4, 0.5) is 0 Å². The molecular weight excluding hydrogens is 246 g/mol. The number of hydrogen-bond donors (Lipinski definition) is 3. The first-order chi connectivity index (χ1) is 8.86. The van der Waals surface area contributed by atoms with E-state index in [-0.39, 0.29) is 17.4 Å². The third kappa shape index (κ3) is 1.96. The number of phenolic OH excluding ortho intramolecular Hbond substituents is 1. The third-order valence-corrected chi connectivity index (χ3v) is 3.32. The van der Waals surface area contributed by atoms with Crippen molar-refractivity contribution in [3.63, 3.8) is 0 Å². The predicted octanol–water partition coefficient (Wildman–Crippen LogP) is 2.35. The highest BCUT2D eigenvalue weighted by Crippen LogP contribution is 2.38. The second-order valence-electron chi connectivity index (χ2n) is 4.87. The number of aliphatic hydroxyl groups excluding tert-OH is 1. The highest BCUT2D eigenvalue weighted by atomic mass is 16.4. The minimum Gasteiger partial charge on any atom is -0.507 e. The van der Waals surface area contributed by atoms with Crippen LogP contribution in [0.1, 0.15) is 37.3 Å². The lowest BCUT2D eigenvalue weighted by Crippen LogP contribution is -2.12. The number of rotatable bonds is 3. The second kappa shape index (κ2) is 4.59. The van der Waals surface area contributed by atoms with Crippen LogP contribution in [0.15, 0.2) is 18.2 Å². The maximum Gasteiger partial charge on any atom is 0.337 e. The van der Waals surface area contributed by atoms with Crippen molar-refractivity contribution in [1.82, 2.24) is 4.57 Å². The Hall–Kier alpha value is -2.01. The zero-order chi connectivity index (χ0) is 14.3. The maximum absolute atomic E-state index is 11.0. The van der Waals surface area contributed by atoms with Crippen molar-refractivity contribution in [2.45, 2.75) is 32.9 Å². The number of aromatic hydroxyl groups is 1. The molecule has 102 valence electrons. The van der Waals surface area contributed by atoms with Gasteiger partial charge in [0.1, 0.15) is 5.75 Å². The van der Waals surface area contributed by atoms with Gasteiger partial charge in [-0.2, -0.15) is 0 Å². The van der Waals surface area contributed by atoms with E-state index in [1.54, 1.807) is 19.1 Å². The number of benzene rings is 1. The lowest BCUT2D eigenvalue weighted by atomic mass is 10.0. The van der Waals surface area contributed by atoms with E-state index in [1.165, 1.54) is 6.07 Å². The zero-order valence-corrected chi connectivity index (χ0v) is 11.1. The third-order valence-electron chi connectivity index (χ3n) is 3.32. The Kier molecular flexibility index (Phi) is 3.24. The molecule has 2 rings (SSSR count). The number of nitrogens with zero attached hydrogens (tertiary/aromatic N) is 1. The first-order valence-corrected chi connectivity index (χ1v) is 6.09. The van der Waals surface area contributed by atoms with E-state index in [4.69, 9.17) is 5.11 Å². The summed E-state index contributed by atoms with van der Waals surface area (Å²) in [6.45, 7) is 5.68. The van der Waals surface area contributed by atoms with Crippen LogP contribution < -0.4 is 0 Å². The molecule has 5 nitrogen and oxygen atoms in total. The van der Waals surface area contributed by atoms with Gasteiger partial charge in [-0.1, -0.05) is 6.07 Å². The topological polar surface area (TPSA) is 82.7 Å². The van der Waals surface area contributed by atoms with Gasteiger partial charge in [0.25, 0.3) is 0 Å². The molecule has 2 aromatic rings. The number of carbonyl (C=O) groups is 1. The van der Waals surface area contributed by atoms with Gasteiger partial charge in [0, 0.05) is 22.7 Å². The molecule has 0 spiro atoms. The molecule has 0 aliphatic heterocycles. The van der Waals surface area contributed by atoms with Crippen LogP contribution >= 0.6 is 0 Å². The van der Waals surface area contributed by atoms with Gasteiger partial charge >= 0.3 is 5.97 Å². The van der Waals surface area contributed by atoms with Gasteiger partial charge in [0.2, 0.25) is 0 Å². The van der Waals surface area contributed by atoms with Gasteiger partial charge in [0.05, 0.1) is 5.52 Å². The molecule has 1 aromatic heterocycles. The van der Waals surface area contributed by atoms with E-state index in [9.17, 15) is 15.0 Å². The molecule has 1 unspecified atom stereocenters. The van der Waals surface area contributed by atoms with E-state index in [1.807, 2.05) is 18.4 Å². The molecule has 0 fully saturated rings. The van der Waals surface area contributed by atoms with Crippen LogP contribution in [0.3, 0.4) is 0 Å². The number of aromatic nitrogens is 1. The van der Waals surface area contributed by atoms with Crippen LogP contribution in [0.2, 0.25) is 0 Å². The molecule has 1 aromatic carbocycles. The molecule has 0 radical (unpaired) electrons. The second-order valence-corrected chi connectivity index (χ2v) is 4.87. The highest BCUT2D eigenvalue weighted by Gasteiger charge is 2.27. The summed E-state index contributed by atoms with van der Waals surface area (Å²) in [5.74, 6) is -1.34. The monoisotopic (exact) mass is 263 g/mol. The highest BCUT2D eigenvalue weighted by molar-refractivity contribution is 5.94. The standard InChI is InChI=1S/C14H17NO4/c1-7(2)15-8(3)11(13(17)14(18)19)12-9(15)5-4-6-10(12)16/h4-7,13,16-17H,1-3H3,(H,18,19). The molecule has 19 heavy (non-hydrogen) atoms. The average molecular weight is 263 g/mol. The number of aliphatic carboxylic acids is 1. The molecule has 0 aliphatic carbocycles. The molecule has 5 heteroatoms. The van der Waals surface area contributed by atoms with Crippen molar-refractivity contribution < 1.29 is 20.1 Å². The summed E-state index contributed by atoms with van der Waals surface area (Å²) in [5, 5.41) is 29.3. The molecule has 1 heterocycles. The minimum atomic E-state index is -1.64. The number of fused-ring (bicyclic) bond motifs is 1. The summed E-state index contributed by atoms with van der Waals surface area (Å²) in [6, 6.07) is 5.09. The van der Waals surface area contributed by atoms with Crippen LogP contribution in [-0.2, 0) is 4.79 Å². The van der Waals surface area contributed by atoms with E-state index in [0.717, 1.165) is 5.52 Å². The van der Waals surface area contributed by atoms with Gasteiger partial charge in [-0.05, 0) is 32.9 Å². The quantitative estimate of drug-likeness (QED) is 0.793. The summed E-state index contributed by atoms with van der Waals surface area (Å²) in [6.07, 6.45) is -1.64. The molecule has 0 saturated heterocycles. The molecule has 0 aliphatic rings. The van der Waals surface area contributed by atoms with Gasteiger partial charge in [-0.25, -0.2) is 4.79 Å². The molecule has 1 atom stereocenters. The van der Waals surface area contributed by atoms with E-state index < -0.39 is 12.1 Å². The fraction of sp³-hybridized carbons (Fsp3) is 0.357. The van der Waals surface area contributed by atoms with Crippen molar-refractivity contribution in [3.05, 3.63) is 29.5 Å². The van der Waals surface area contributed by atoms with Crippen molar-refractivity contribution in [3.8, 4) is 5.75 Å². The summed E-state index contributed by atoms with van der Waals surface area (Å²) in [4.78, 5) is 11.0. The number of aliphatic hydroxyl groups is 1. The van der Waals surface area contributed by atoms with Crippen LogP contribution in [0.5, 0.6) is 5.75 Å². The first-order valence-electron chi connectivity index (χ1n) is 6.09. The number of carboxylic acid groups (broad SMARTS) is 1. The number of hydrogen-bond acceptors (Lipinski definition) is 3. The van der Waals surface area contributed by atoms with Gasteiger partial charge < -0.3 is 19.9 Å². The Morgan fingerprint density at radius 2 is 1.95 bits per heavy atom. The normalized spacial score (nSPS) is 13.1. The zero-order valence-electron chi connectivity index (χ0n) is 11.1. The molecule has 0 bridgehead atoms. The van der Waals surface area contributed by atoms with Gasteiger partial charge in [-0.3, -0.25) is 0 Å². The Morgan fingerprint density at radius 1 is 1.32 bits per heavy atom. The van der Waals surface area contributed by atoms with Crippen LogP contribution in [0.25, 0.3) is 10.9 Å². The largest absolute Gasteiger partial charge is 0.507 e. The Morgan fingerprint density at radius 3 is 2.47 bits per heavy atom. The fourth-order valence-electron chi connectivity index (χ4n) is 2.62. The minimum absolute atomic E-state index is 0.0182. The van der Waals surface area contributed by atoms with Crippen molar-refractivity contribution >= 4 is 16.9 Å². The fourth-order valence-corrected chi connectivity index (χ4v) is 2.62. The van der Waals surface area contributed by atoms with Gasteiger partial charge in [0.15, 0.2) is 6.10 Å². The summed E-state index contributed by atoms with van der Waals surface area (Å²) in [5.41, 5.74) is 1.64. The lowest BCUT2D eigenvalue weighted by molar-refractivity contribution is -0.146. The SMILES string of the molecule is Cc1c(C(O)C(=O)O)c2c(O)cccc2n1C(C)C. The van der Waals surface area contributed by atoms with E-state index >= 15 is 0 Å². The number of carboxylic acids is 1. The Balaban J connectivity index is 2.90. The van der Waals surface area contributed by atoms with Crippen molar-refractivity contribution in [2.75, 3.05) is 0 Å². The molecule has 0 amide bonds. The Bertz CT molecular complexity index is 642. The molecule has 3 N–H and O–H groups in total. The van der Waals surface area contributed by atoms with Crippen molar-refractivity contribution in [1.29, 1.82) is 0 Å². The predicted molar refractivity (Wildman–Crippen MR) is 71.3 cm³/mol. The number of phenols is 1.